The number of nitrogens with zero attached hydrogens (tertiary/aromatic N) is 2. The predicted molar refractivity (Wildman–Crippen MR) is 115 cm³/mol. The Balaban J connectivity index is 1.57. The molecule has 1 saturated heterocycles. The van der Waals surface area contributed by atoms with Gasteiger partial charge in [0, 0.05) is 24.0 Å². The van der Waals surface area contributed by atoms with Crippen molar-refractivity contribution in [3.8, 4) is 0 Å². The fraction of sp³-hybridized carbons (Fsp3) is 0.217. The van der Waals surface area contributed by atoms with Crippen LogP contribution >= 0.6 is 0 Å². The smallest absolute Gasteiger partial charge is 0.247 e. The highest BCUT2D eigenvalue weighted by Crippen LogP contribution is 2.21. The van der Waals surface area contributed by atoms with Gasteiger partial charge in [0.15, 0.2) is 9.84 Å². The maximum absolute atomic E-state index is 13.0. The lowest BCUT2D eigenvalue weighted by Crippen LogP contribution is -2.39. The van der Waals surface area contributed by atoms with Gasteiger partial charge in [-0.1, -0.05) is 54.6 Å². The number of benzene rings is 2. The van der Waals surface area contributed by atoms with Gasteiger partial charge in [0.05, 0.1) is 22.7 Å². The van der Waals surface area contributed by atoms with Gasteiger partial charge in [-0.3, -0.25) is 4.79 Å². The Kier molecular flexibility index (Phi) is 5.45. The molecule has 0 unspecified atom stereocenters. The van der Waals surface area contributed by atoms with Crippen LogP contribution < -0.4 is 0 Å². The van der Waals surface area contributed by atoms with Crippen LogP contribution in [0.5, 0.6) is 0 Å². The van der Waals surface area contributed by atoms with Gasteiger partial charge < -0.3 is 4.90 Å². The zero-order valence-electron chi connectivity index (χ0n) is 15.9. The van der Waals surface area contributed by atoms with Crippen molar-refractivity contribution in [1.82, 2.24) is 9.88 Å². The van der Waals surface area contributed by atoms with Gasteiger partial charge in [0.2, 0.25) is 5.91 Å². The highest BCUT2D eigenvalue weighted by Gasteiger charge is 2.34. The van der Waals surface area contributed by atoms with Gasteiger partial charge in [-0.25, -0.2) is 13.4 Å². The molecule has 2 heterocycles. The minimum Gasteiger partial charge on any atom is -0.331 e. The van der Waals surface area contributed by atoms with Crippen LogP contribution in [0.25, 0.3) is 17.0 Å². The lowest BCUT2D eigenvalue weighted by atomic mass is 10.1. The molecule has 0 radical (unpaired) electrons. The van der Waals surface area contributed by atoms with Gasteiger partial charge >= 0.3 is 0 Å². The highest BCUT2D eigenvalue weighted by atomic mass is 32.2. The SMILES string of the molecule is O=C(/C=C/c1ccc2ccccc2n1)N(Cc1ccccc1)[C@@H]1CCS(=O)(=O)C1. The first kappa shape index (κ1) is 19.3. The molecular formula is C23H22N2O3S. The molecule has 0 spiro atoms. The summed E-state index contributed by atoms with van der Waals surface area (Å²) in [6, 6.07) is 21.0. The van der Waals surface area contributed by atoms with Crippen molar-refractivity contribution in [2.75, 3.05) is 11.5 Å². The number of para-hydroxylation sites is 1. The minimum absolute atomic E-state index is 0.0215. The summed E-state index contributed by atoms with van der Waals surface area (Å²) in [7, 11) is -3.09. The summed E-state index contributed by atoms with van der Waals surface area (Å²) in [4.78, 5) is 19.2. The van der Waals surface area contributed by atoms with Gasteiger partial charge in [0.25, 0.3) is 0 Å². The molecule has 1 aliphatic heterocycles. The van der Waals surface area contributed by atoms with Gasteiger partial charge in [-0.2, -0.15) is 0 Å². The van der Waals surface area contributed by atoms with E-state index in [1.54, 1.807) is 11.0 Å². The van der Waals surface area contributed by atoms with Crippen LogP contribution in [0.4, 0.5) is 0 Å². The van der Waals surface area contributed by atoms with Crippen LogP contribution in [0.3, 0.4) is 0 Å². The van der Waals surface area contributed by atoms with Gasteiger partial charge in [-0.15, -0.1) is 0 Å². The Morgan fingerprint density at radius 3 is 2.55 bits per heavy atom. The molecule has 4 rings (SSSR count). The van der Waals surface area contributed by atoms with Crippen molar-refractivity contribution in [1.29, 1.82) is 0 Å². The fourth-order valence-corrected chi connectivity index (χ4v) is 5.35. The zero-order valence-corrected chi connectivity index (χ0v) is 16.8. The van der Waals surface area contributed by atoms with Crippen LogP contribution in [0.15, 0.2) is 72.8 Å². The third-order valence-electron chi connectivity index (χ3n) is 5.14. The summed E-state index contributed by atoms with van der Waals surface area (Å²) in [6.07, 6.45) is 3.66. The van der Waals surface area contributed by atoms with Crippen molar-refractivity contribution in [2.24, 2.45) is 0 Å². The molecule has 0 bridgehead atoms. The van der Waals surface area contributed by atoms with E-state index < -0.39 is 9.84 Å². The topological polar surface area (TPSA) is 67.3 Å². The number of sulfone groups is 1. The maximum atomic E-state index is 13.0. The molecule has 0 saturated carbocycles. The third kappa shape index (κ3) is 4.71. The molecule has 6 heteroatoms. The van der Waals surface area contributed by atoms with Crippen molar-refractivity contribution in [2.45, 2.75) is 19.0 Å². The van der Waals surface area contributed by atoms with Crippen LogP contribution in [0.2, 0.25) is 0 Å². The second kappa shape index (κ2) is 8.17. The summed E-state index contributed by atoms with van der Waals surface area (Å²) < 4.78 is 23.9. The largest absolute Gasteiger partial charge is 0.331 e. The standard InChI is InChI=1S/C23H22N2O3S/c26-23(13-12-20-11-10-19-8-4-5-9-22(19)24-20)25(16-18-6-2-1-3-7-18)21-14-15-29(27,28)17-21/h1-13,21H,14-17H2/b13-12+/t21-/m1/s1. The first-order chi connectivity index (χ1) is 14.0. The van der Waals surface area contributed by atoms with Crippen LogP contribution in [0, 0.1) is 0 Å². The van der Waals surface area contributed by atoms with Crippen LogP contribution in [-0.2, 0) is 21.2 Å². The fourth-order valence-electron chi connectivity index (χ4n) is 3.62. The van der Waals surface area contributed by atoms with E-state index in [1.165, 1.54) is 6.08 Å². The minimum atomic E-state index is -3.09. The molecule has 3 aromatic rings. The zero-order chi connectivity index (χ0) is 20.3. The average molecular weight is 407 g/mol. The molecule has 1 aromatic heterocycles. The van der Waals surface area contributed by atoms with E-state index in [0.717, 1.165) is 16.5 Å². The number of hydrogen-bond acceptors (Lipinski definition) is 4. The lowest BCUT2D eigenvalue weighted by Gasteiger charge is -2.27. The molecule has 0 aliphatic carbocycles. The third-order valence-corrected chi connectivity index (χ3v) is 6.89. The second-order valence-electron chi connectivity index (χ2n) is 7.27. The normalized spacial score (nSPS) is 18.3. The number of pyridine rings is 1. The Morgan fingerprint density at radius 2 is 1.79 bits per heavy atom. The van der Waals surface area contributed by atoms with Crippen LogP contribution in [0.1, 0.15) is 17.7 Å². The lowest BCUT2D eigenvalue weighted by molar-refractivity contribution is -0.128. The first-order valence-corrected chi connectivity index (χ1v) is 11.4. The molecule has 1 amide bonds. The Morgan fingerprint density at radius 1 is 1.03 bits per heavy atom. The van der Waals surface area contributed by atoms with E-state index in [9.17, 15) is 13.2 Å². The molecule has 2 aromatic carbocycles. The molecule has 1 atom stereocenters. The molecule has 5 nitrogen and oxygen atoms in total. The second-order valence-corrected chi connectivity index (χ2v) is 9.50. The summed E-state index contributed by atoms with van der Waals surface area (Å²) in [5, 5.41) is 1.04. The van der Waals surface area contributed by atoms with Crippen LogP contribution in [-0.4, -0.2) is 41.8 Å². The van der Waals surface area contributed by atoms with Crippen molar-refractivity contribution in [3.05, 3.63) is 84.1 Å². The van der Waals surface area contributed by atoms with Gasteiger partial charge in [0.1, 0.15) is 0 Å². The number of aromatic nitrogens is 1. The van der Waals surface area contributed by atoms with E-state index in [0.29, 0.717) is 18.7 Å². The molecule has 29 heavy (non-hydrogen) atoms. The molecule has 148 valence electrons. The Hall–Kier alpha value is -2.99. The number of amides is 1. The molecule has 0 N–H and O–H groups in total. The number of carbonyl (C=O) groups is 1. The van der Waals surface area contributed by atoms with Gasteiger partial charge in [-0.05, 0) is 30.2 Å². The number of hydrogen-bond donors (Lipinski definition) is 0. The maximum Gasteiger partial charge on any atom is 0.247 e. The average Bonchev–Trinajstić information content (AvgIpc) is 3.10. The van der Waals surface area contributed by atoms with Crippen molar-refractivity contribution >= 4 is 32.7 Å². The summed E-state index contributed by atoms with van der Waals surface area (Å²) in [6.45, 7) is 0.384. The quantitative estimate of drug-likeness (QED) is 0.609. The van der Waals surface area contributed by atoms with Crippen molar-refractivity contribution < 1.29 is 13.2 Å². The molecular weight excluding hydrogens is 384 g/mol. The summed E-state index contributed by atoms with van der Waals surface area (Å²) in [5.74, 6) is -0.0503. The van der Waals surface area contributed by atoms with E-state index in [2.05, 4.69) is 4.98 Å². The molecule has 1 fully saturated rings. The molecule has 1 aliphatic rings. The summed E-state index contributed by atoms with van der Waals surface area (Å²) >= 11 is 0. The number of rotatable bonds is 5. The van der Waals surface area contributed by atoms with Crippen molar-refractivity contribution in [3.63, 3.8) is 0 Å². The Labute approximate surface area is 170 Å². The van der Waals surface area contributed by atoms with E-state index >= 15 is 0 Å². The summed E-state index contributed by atoms with van der Waals surface area (Å²) in [5.41, 5.74) is 2.53. The van der Waals surface area contributed by atoms with E-state index in [1.807, 2.05) is 66.7 Å². The number of carbonyl (C=O) groups excluding carboxylic acids is 1. The monoisotopic (exact) mass is 406 g/mol. The predicted octanol–water partition coefficient (Wildman–Crippen LogP) is 3.46. The highest BCUT2D eigenvalue weighted by molar-refractivity contribution is 7.91. The number of fused-ring (bicyclic) bond motifs is 1. The van der Waals surface area contributed by atoms with E-state index in [4.69, 9.17) is 0 Å². The first-order valence-electron chi connectivity index (χ1n) is 9.59. The van der Waals surface area contributed by atoms with E-state index in [-0.39, 0.29) is 23.5 Å². The Bertz CT molecular complexity index is 1160.